The predicted octanol–water partition coefficient (Wildman–Crippen LogP) is 4.01. The molecule has 0 saturated heterocycles. The molecular weight excluding hydrogens is 351 g/mol. The first-order valence-electron chi connectivity index (χ1n) is 5.49. The van der Waals surface area contributed by atoms with Crippen LogP contribution in [0.25, 0.3) is 0 Å². The Kier molecular flexibility index (Phi) is 4.34. The molecule has 2 nitrogen and oxygen atoms in total. The van der Waals surface area contributed by atoms with E-state index < -0.39 is 17.7 Å². The lowest BCUT2D eigenvalue weighted by Crippen LogP contribution is -2.20. The van der Waals surface area contributed by atoms with E-state index in [2.05, 4.69) is 27.9 Å². The van der Waals surface area contributed by atoms with Gasteiger partial charge in [0, 0.05) is 11.6 Å². The maximum absolute atomic E-state index is 13.5. The van der Waals surface area contributed by atoms with Gasteiger partial charge in [-0.2, -0.15) is 0 Å². The van der Waals surface area contributed by atoms with Gasteiger partial charge in [-0.1, -0.05) is 6.07 Å². The normalized spacial score (nSPS) is 12.7. The van der Waals surface area contributed by atoms with Gasteiger partial charge in [-0.25, -0.2) is 8.78 Å². The van der Waals surface area contributed by atoms with E-state index in [0.717, 1.165) is 9.53 Å². The SMILES string of the molecule is CC(NCc1ccc(I)o1)c1c(F)cccc1F. The molecule has 5 heteroatoms. The molecule has 1 unspecified atom stereocenters. The minimum absolute atomic E-state index is 0.0544. The van der Waals surface area contributed by atoms with Gasteiger partial charge in [-0.3, -0.25) is 0 Å². The molecule has 1 heterocycles. The van der Waals surface area contributed by atoms with E-state index in [1.54, 1.807) is 6.92 Å². The highest BCUT2D eigenvalue weighted by molar-refractivity contribution is 14.1. The van der Waals surface area contributed by atoms with Crippen molar-refractivity contribution < 1.29 is 13.2 Å². The van der Waals surface area contributed by atoms with Gasteiger partial charge in [-0.15, -0.1) is 0 Å². The summed E-state index contributed by atoms with van der Waals surface area (Å²) in [5, 5.41) is 3.03. The summed E-state index contributed by atoms with van der Waals surface area (Å²) >= 11 is 2.07. The molecule has 1 aromatic heterocycles. The number of hydrogen-bond acceptors (Lipinski definition) is 2. The Morgan fingerprint density at radius 2 is 1.89 bits per heavy atom. The highest BCUT2D eigenvalue weighted by atomic mass is 127. The third-order valence-corrected chi connectivity index (χ3v) is 3.22. The second kappa shape index (κ2) is 5.79. The predicted molar refractivity (Wildman–Crippen MR) is 73.0 cm³/mol. The van der Waals surface area contributed by atoms with Gasteiger partial charge in [0.1, 0.15) is 17.4 Å². The molecule has 2 aromatic rings. The van der Waals surface area contributed by atoms with Gasteiger partial charge < -0.3 is 9.73 Å². The Morgan fingerprint density at radius 3 is 2.44 bits per heavy atom. The fourth-order valence-corrected chi connectivity index (χ4v) is 2.19. The van der Waals surface area contributed by atoms with Crippen molar-refractivity contribution in [2.75, 3.05) is 0 Å². The van der Waals surface area contributed by atoms with Crippen molar-refractivity contribution in [3.8, 4) is 0 Å². The monoisotopic (exact) mass is 363 g/mol. The quantitative estimate of drug-likeness (QED) is 0.831. The van der Waals surface area contributed by atoms with Gasteiger partial charge >= 0.3 is 0 Å². The van der Waals surface area contributed by atoms with Crippen molar-refractivity contribution in [3.05, 3.63) is 57.1 Å². The van der Waals surface area contributed by atoms with Crippen LogP contribution in [-0.2, 0) is 6.54 Å². The van der Waals surface area contributed by atoms with Crippen molar-refractivity contribution in [1.29, 1.82) is 0 Å². The number of halogens is 3. The average molecular weight is 363 g/mol. The molecule has 0 bridgehead atoms. The second-order valence-electron chi connectivity index (χ2n) is 3.94. The van der Waals surface area contributed by atoms with Crippen molar-refractivity contribution >= 4 is 22.6 Å². The van der Waals surface area contributed by atoms with Crippen LogP contribution in [0.5, 0.6) is 0 Å². The van der Waals surface area contributed by atoms with Crippen LogP contribution in [0.2, 0.25) is 0 Å². The molecule has 96 valence electrons. The Balaban J connectivity index is 2.06. The third-order valence-electron chi connectivity index (χ3n) is 2.64. The highest BCUT2D eigenvalue weighted by Gasteiger charge is 2.15. The summed E-state index contributed by atoms with van der Waals surface area (Å²) in [7, 11) is 0. The van der Waals surface area contributed by atoms with Crippen LogP contribution in [0.3, 0.4) is 0 Å². The molecule has 0 fully saturated rings. The summed E-state index contributed by atoms with van der Waals surface area (Å²) in [6.45, 7) is 2.15. The molecule has 0 saturated carbocycles. The van der Waals surface area contributed by atoms with E-state index in [9.17, 15) is 8.78 Å². The summed E-state index contributed by atoms with van der Waals surface area (Å²) in [6, 6.07) is 7.12. The summed E-state index contributed by atoms with van der Waals surface area (Å²) in [5.74, 6) is -0.337. The number of benzene rings is 1. The van der Waals surface area contributed by atoms with Crippen molar-refractivity contribution in [2.24, 2.45) is 0 Å². The van der Waals surface area contributed by atoms with Crippen LogP contribution in [-0.4, -0.2) is 0 Å². The van der Waals surface area contributed by atoms with Gasteiger partial charge in [0.05, 0.1) is 6.54 Å². The van der Waals surface area contributed by atoms with Crippen LogP contribution in [0.4, 0.5) is 8.78 Å². The number of furan rings is 1. The lowest BCUT2D eigenvalue weighted by Gasteiger charge is -2.14. The van der Waals surface area contributed by atoms with E-state index in [4.69, 9.17) is 4.42 Å². The van der Waals surface area contributed by atoms with Crippen LogP contribution in [0, 0.1) is 15.4 Å². The lowest BCUT2D eigenvalue weighted by molar-refractivity contribution is 0.430. The van der Waals surface area contributed by atoms with Gasteiger partial charge in [0.15, 0.2) is 3.77 Å². The summed E-state index contributed by atoms with van der Waals surface area (Å²) in [5.41, 5.74) is 0.0544. The summed E-state index contributed by atoms with van der Waals surface area (Å²) < 4.78 is 33.2. The maximum atomic E-state index is 13.5. The first kappa shape index (κ1) is 13.5. The first-order valence-corrected chi connectivity index (χ1v) is 6.57. The molecule has 18 heavy (non-hydrogen) atoms. The second-order valence-corrected chi connectivity index (χ2v) is 5.01. The van der Waals surface area contributed by atoms with Crippen LogP contribution in [0.15, 0.2) is 34.7 Å². The van der Waals surface area contributed by atoms with Gasteiger partial charge in [-0.05, 0) is 53.8 Å². The molecule has 1 aromatic carbocycles. The van der Waals surface area contributed by atoms with Gasteiger partial charge in [0.25, 0.3) is 0 Å². The maximum Gasteiger partial charge on any atom is 0.164 e. The van der Waals surface area contributed by atoms with E-state index in [1.165, 1.54) is 18.2 Å². The molecule has 0 spiro atoms. The molecule has 0 amide bonds. The van der Waals surface area contributed by atoms with Crippen LogP contribution < -0.4 is 5.32 Å². The Labute approximate surface area is 118 Å². The largest absolute Gasteiger partial charge is 0.454 e. The van der Waals surface area contributed by atoms with E-state index in [1.807, 2.05) is 12.1 Å². The molecular formula is C13H12F2INO. The van der Waals surface area contributed by atoms with Crippen LogP contribution >= 0.6 is 22.6 Å². The first-order chi connectivity index (χ1) is 8.58. The summed E-state index contributed by atoms with van der Waals surface area (Å²) in [4.78, 5) is 0. The lowest BCUT2D eigenvalue weighted by atomic mass is 10.1. The van der Waals surface area contributed by atoms with Crippen molar-refractivity contribution in [2.45, 2.75) is 19.5 Å². The number of hydrogen-bond donors (Lipinski definition) is 1. The smallest absolute Gasteiger partial charge is 0.164 e. The zero-order chi connectivity index (χ0) is 13.1. The zero-order valence-corrected chi connectivity index (χ0v) is 11.9. The van der Waals surface area contributed by atoms with E-state index in [0.29, 0.717) is 6.54 Å². The number of nitrogens with one attached hydrogen (secondary N) is 1. The fraction of sp³-hybridized carbons (Fsp3) is 0.231. The standard InChI is InChI=1S/C13H12F2INO/c1-8(13-10(14)3-2-4-11(13)15)17-7-9-5-6-12(16)18-9/h2-6,8,17H,7H2,1H3. The minimum atomic E-state index is -0.538. The number of rotatable bonds is 4. The molecule has 0 aliphatic rings. The van der Waals surface area contributed by atoms with Crippen LogP contribution in [0.1, 0.15) is 24.3 Å². The molecule has 1 atom stereocenters. The average Bonchev–Trinajstić information content (AvgIpc) is 2.72. The Hall–Kier alpha value is -0.950. The molecule has 0 radical (unpaired) electrons. The molecule has 2 rings (SSSR count). The summed E-state index contributed by atoms with van der Waals surface area (Å²) in [6.07, 6.45) is 0. The Morgan fingerprint density at radius 1 is 1.22 bits per heavy atom. The zero-order valence-electron chi connectivity index (χ0n) is 9.71. The topological polar surface area (TPSA) is 25.2 Å². The van der Waals surface area contributed by atoms with Gasteiger partial charge in [0.2, 0.25) is 0 Å². The molecule has 1 N–H and O–H groups in total. The van der Waals surface area contributed by atoms with Crippen molar-refractivity contribution in [3.63, 3.8) is 0 Å². The Bertz CT molecular complexity index is 521. The van der Waals surface area contributed by atoms with E-state index >= 15 is 0 Å². The minimum Gasteiger partial charge on any atom is -0.454 e. The third kappa shape index (κ3) is 3.08. The van der Waals surface area contributed by atoms with E-state index in [-0.39, 0.29) is 5.56 Å². The highest BCUT2D eigenvalue weighted by Crippen LogP contribution is 2.21. The molecule has 0 aliphatic heterocycles. The fourth-order valence-electron chi connectivity index (χ4n) is 1.73. The van der Waals surface area contributed by atoms with Crippen molar-refractivity contribution in [1.82, 2.24) is 5.32 Å². The molecule has 0 aliphatic carbocycles.